The van der Waals surface area contributed by atoms with Crippen LogP contribution in [-0.2, 0) is 6.54 Å². The average Bonchev–Trinajstić information content (AvgIpc) is 3.10. The molecule has 2 aliphatic rings. The molecule has 0 N–H and O–H groups in total. The van der Waals surface area contributed by atoms with Crippen LogP contribution < -0.4 is 4.74 Å². The van der Waals surface area contributed by atoms with E-state index in [1.54, 1.807) is 18.2 Å². The minimum atomic E-state index is -0.305. The van der Waals surface area contributed by atoms with Gasteiger partial charge in [-0.2, -0.15) is 5.26 Å². The van der Waals surface area contributed by atoms with Crippen molar-refractivity contribution >= 4 is 17.5 Å². The van der Waals surface area contributed by atoms with E-state index in [0.29, 0.717) is 40.1 Å². The number of amides is 1. The van der Waals surface area contributed by atoms with Crippen molar-refractivity contribution in [2.45, 2.75) is 66.7 Å². The summed E-state index contributed by atoms with van der Waals surface area (Å²) < 4.78 is 6.38. The van der Waals surface area contributed by atoms with Crippen molar-refractivity contribution in [2.75, 3.05) is 0 Å². The number of rotatable bonds is 4. The highest BCUT2D eigenvalue weighted by Crippen LogP contribution is 2.59. The first-order valence-corrected chi connectivity index (χ1v) is 12.1. The van der Waals surface area contributed by atoms with E-state index in [-0.39, 0.29) is 28.9 Å². The van der Waals surface area contributed by atoms with E-state index in [1.807, 2.05) is 17.0 Å². The number of hydrogen-bond acceptors (Lipinski definition) is 4. The number of carbonyl (C=O) groups is 1. The number of halogens is 1. The molecule has 34 heavy (non-hydrogen) atoms. The van der Waals surface area contributed by atoms with Crippen molar-refractivity contribution < 1.29 is 9.53 Å². The molecule has 176 valence electrons. The molecule has 4 rings (SSSR count). The molecule has 1 saturated carbocycles. The maximum atomic E-state index is 13.4. The summed E-state index contributed by atoms with van der Waals surface area (Å²) >= 11 is 6.21. The first-order chi connectivity index (χ1) is 16.0. The monoisotopic (exact) mass is 475 g/mol. The highest BCUT2D eigenvalue weighted by atomic mass is 35.5. The second kappa shape index (κ2) is 8.64. The van der Waals surface area contributed by atoms with Gasteiger partial charge in [0.1, 0.15) is 23.6 Å². The Balaban J connectivity index is 1.56. The van der Waals surface area contributed by atoms with E-state index in [9.17, 15) is 4.79 Å². The third-order valence-corrected chi connectivity index (χ3v) is 7.54. The van der Waals surface area contributed by atoms with Gasteiger partial charge in [0.2, 0.25) is 0 Å². The summed E-state index contributed by atoms with van der Waals surface area (Å²) in [6.45, 7) is 13.2. The lowest BCUT2D eigenvalue weighted by molar-refractivity contribution is -0.199. The van der Waals surface area contributed by atoms with E-state index in [2.05, 4.69) is 59.5 Å². The van der Waals surface area contributed by atoms with Crippen LogP contribution in [0.5, 0.6) is 5.75 Å². The van der Waals surface area contributed by atoms with Crippen LogP contribution in [0.2, 0.25) is 5.02 Å². The summed E-state index contributed by atoms with van der Waals surface area (Å²) in [5.74, 6) is 7.31. The van der Waals surface area contributed by atoms with E-state index >= 15 is 0 Å². The summed E-state index contributed by atoms with van der Waals surface area (Å²) in [5, 5.41) is 9.50. The molecule has 0 saturated heterocycles. The molecule has 1 aromatic heterocycles. The molecule has 5 nitrogen and oxygen atoms in total. The summed E-state index contributed by atoms with van der Waals surface area (Å²) in [4.78, 5) is 20.0. The number of pyridine rings is 1. The minimum absolute atomic E-state index is 0.00922. The van der Waals surface area contributed by atoms with Crippen LogP contribution in [-0.4, -0.2) is 27.9 Å². The molecule has 1 aromatic carbocycles. The molecule has 6 heteroatoms. The summed E-state index contributed by atoms with van der Waals surface area (Å²) in [7, 11) is 0. The zero-order chi connectivity index (χ0) is 24.8. The summed E-state index contributed by atoms with van der Waals surface area (Å²) in [6, 6.07) is 10.9. The van der Waals surface area contributed by atoms with Gasteiger partial charge >= 0.3 is 0 Å². The second-order valence-electron chi connectivity index (χ2n) is 10.5. The van der Waals surface area contributed by atoms with Crippen molar-refractivity contribution in [1.82, 2.24) is 9.88 Å². The zero-order valence-electron chi connectivity index (χ0n) is 20.6. The molecular formula is C28H30ClN3O2. The first kappa shape index (κ1) is 24.1. The van der Waals surface area contributed by atoms with E-state index in [4.69, 9.17) is 26.6 Å². The van der Waals surface area contributed by atoms with Gasteiger partial charge in [-0.25, -0.2) is 4.98 Å². The maximum Gasteiger partial charge on any atom is 0.256 e. The number of hydrogen-bond donors (Lipinski definition) is 0. The summed E-state index contributed by atoms with van der Waals surface area (Å²) in [5.41, 5.74) is 1.96. The molecule has 0 spiro atoms. The van der Waals surface area contributed by atoms with E-state index in [1.165, 1.54) is 0 Å². The number of ether oxygens (including phenoxy) is 1. The smallest absolute Gasteiger partial charge is 0.256 e. The van der Waals surface area contributed by atoms with Crippen molar-refractivity contribution in [3.63, 3.8) is 0 Å². The van der Waals surface area contributed by atoms with Crippen molar-refractivity contribution in [3.8, 4) is 23.7 Å². The lowest BCUT2D eigenvalue weighted by Crippen LogP contribution is -2.74. The highest BCUT2D eigenvalue weighted by molar-refractivity contribution is 6.31. The number of fused-ring (bicyclic) bond motifs is 1. The number of aromatic nitrogens is 1. The Morgan fingerprint density at radius 1 is 1.24 bits per heavy atom. The lowest BCUT2D eigenvalue weighted by atomic mass is 9.49. The van der Waals surface area contributed by atoms with Gasteiger partial charge < -0.3 is 9.64 Å². The van der Waals surface area contributed by atoms with Crippen molar-refractivity contribution in [3.05, 3.63) is 57.9 Å². The lowest BCUT2D eigenvalue weighted by Gasteiger charge is -2.65. The van der Waals surface area contributed by atoms with Gasteiger partial charge in [-0.05, 0) is 36.6 Å². The van der Waals surface area contributed by atoms with E-state index < -0.39 is 0 Å². The predicted molar refractivity (Wildman–Crippen MR) is 132 cm³/mol. The third-order valence-electron chi connectivity index (χ3n) is 7.23. The molecule has 1 unspecified atom stereocenters. The summed E-state index contributed by atoms with van der Waals surface area (Å²) in [6.07, 6.45) is 0.851. The van der Waals surface area contributed by atoms with Gasteiger partial charge in [-0.1, -0.05) is 59.1 Å². The van der Waals surface area contributed by atoms with Crippen molar-refractivity contribution in [2.24, 2.45) is 16.7 Å². The SMILES string of the molecule is CCC(C)C#Cc1ccc2c(n1)CN([C@H]1C(C)(C)[C@H](Oc3ccc(C#N)c(Cl)c3)C1(C)C)C2=O. The van der Waals surface area contributed by atoms with Gasteiger partial charge in [-0.3, -0.25) is 4.79 Å². The molecule has 1 amide bonds. The molecule has 2 aromatic rings. The van der Waals surface area contributed by atoms with E-state index in [0.717, 1.165) is 12.1 Å². The Labute approximate surface area is 207 Å². The normalized spacial score (nSPS) is 22.6. The van der Waals surface area contributed by atoms with Gasteiger partial charge in [0, 0.05) is 28.9 Å². The molecule has 2 heterocycles. The molecule has 1 aliphatic heterocycles. The third kappa shape index (κ3) is 3.93. The molecular weight excluding hydrogens is 446 g/mol. The van der Waals surface area contributed by atoms with Crippen molar-refractivity contribution in [1.29, 1.82) is 5.26 Å². The van der Waals surface area contributed by atoms with Gasteiger partial charge in [0.05, 0.1) is 28.4 Å². The fourth-order valence-corrected chi connectivity index (χ4v) is 6.01. The Morgan fingerprint density at radius 3 is 2.56 bits per heavy atom. The quantitative estimate of drug-likeness (QED) is 0.521. The fourth-order valence-electron chi connectivity index (χ4n) is 5.79. The standard InChI is InChI=1S/C28H30ClN3O2/c1-7-17(2)8-10-19-11-13-21-23(31-19)16-32(24(21)33)25-27(3,4)26(28(25,5)6)34-20-12-9-18(15-30)22(29)14-20/h9,11-14,17,25-26H,7,16H2,1-6H3/t17?,25-,26-. The molecule has 1 atom stereocenters. The Hall–Kier alpha value is -3.02. The minimum Gasteiger partial charge on any atom is -0.489 e. The zero-order valence-corrected chi connectivity index (χ0v) is 21.3. The predicted octanol–water partition coefficient (Wildman–Crippen LogP) is 5.84. The van der Waals surface area contributed by atoms with Gasteiger partial charge in [0.25, 0.3) is 5.91 Å². The Bertz CT molecular complexity index is 1230. The van der Waals surface area contributed by atoms with Gasteiger partial charge in [-0.15, -0.1) is 0 Å². The number of carbonyl (C=O) groups excluding carboxylic acids is 1. The van der Waals surface area contributed by atoms with Crippen LogP contribution in [0.25, 0.3) is 0 Å². The van der Waals surface area contributed by atoms with Crippen LogP contribution in [0.15, 0.2) is 30.3 Å². The topological polar surface area (TPSA) is 66.2 Å². The average molecular weight is 476 g/mol. The largest absolute Gasteiger partial charge is 0.489 e. The molecule has 0 bridgehead atoms. The maximum absolute atomic E-state index is 13.4. The molecule has 1 fully saturated rings. The van der Waals surface area contributed by atoms with Crippen LogP contribution in [0.1, 0.15) is 75.3 Å². The molecule has 0 radical (unpaired) electrons. The Kier molecular flexibility index (Phi) is 6.13. The van der Waals surface area contributed by atoms with Crippen LogP contribution in [0.4, 0.5) is 0 Å². The van der Waals surface area contributed by atoms with Crippen LogP contribution in [0.3, 0.4) is 0 Å². The fraction of sp³-hybridized carbons (Fsp3) is 0.464. The first-order valence-electron chi connectivity index (χ1n) is 11.7. The number of nitrogens with zero attached hydrogens (tertiary/aromatic N) is 3. The van der Waals surface area contributed by atoms with Crippen LogP contribution >= 0.6 is 11.6 Å². The number of nitriles is 1. The number of benzene rings is 1. The highest BCUT2D eigenvalue weighted by Gasteiger charge is 2.67. The molecule has 1 aliphatic carbocycles. The van der Waals surface area contributed by atoms with Crippen LogP contribution in [0, 0.1) is 39.9 Å². The van der Waals surface area contributed by atoms with Gasteiger partial charge in [0.15, 0.2) is 0 Å². The second-order valence-corrected chi connectivity index (χ2v) is 10.9. The Morgan fingerprint density at radius 2 is 1.94 bits per heavy atom.